The van der Waals surface area contributed by atoms with Gasteiger partial charge in [0.1, 0.15) is 0 Å². The summed E-state index contributed by atoms with van der Waals surface area (Å²) in [6.45, 7) is 14.1. The minimum atomic E-state index is 0.593. The number of nitrogens with zero attached hydrogens (tertiary/aromatic N) is 3. The van der Waals surface area contributed by atoms with Crippen molar-refractivity contribution in [1.82, 2.24) is 15.1 Å². The summed E-state index contributed by atoms with van der Waals surface area (Å²) in [5.41, 5.74) is 0. The van der Waals surface area contributed by atoms with Crippen LogP contribution in [-0.4, -0.2) is 74.8 Å². The van der Waals surface area contributed by atoms with Crippen molar-refractivity contribution in [3.63, 3.8) is 0 Å². The van der Waals surface area contributed by atoms with Crippen LogP contribution in [0.3, 0.4) is 0 Å². The van der Waals surface area contributed by atoms with E-state index in [0.29, 0.717) is 6.04 Å². The number of rotatable bonds is 9. The van der Waals surface area contributed by atoms with E-state index in [1.807, 2.05) is 0 Å². The Balaban J connectivity index is 1.89. The number of aliphatic imine (C=N–C) groups is 1. The molecule has 2 rings (SSSR count). The van der Waals surface area contributed by atoms with Crippen molar-refractivity contribution >= 4 is 5.96 Å². The number of likely N-dealkylation sites (tertiary alicyclic amines) is 1. The quantitative estimate of drug-likeness (QED) is 0.502. The summed E-state index contributed by atoms with van der Waals surface area (Å²) in [5.74, 6) is 2.62. The molecule has 26 heavy (non-hydrogen) atoms. The van der Waals surface area contributed by atoms with Gasteiger partial charge in [0, 0.05) is 39.4 Å². The second-order valence-corrected chi connectivity index (χ2v) is 8.49. The maximum Gasteiger partial charge on any atom is 0.193 e. The van der Waals surface area contributed by atoms with Crippen LogP contribution < -0.4 is 5.32 Å². The van der Waals surface area contributed by atoms with Gasteiger partial charge in [-0.3, -0.25) is 9.89 Å². The first-order chi connectivity index (χ1) is 12.6. The molecule has 5 nitrogen and oxygen atoms in total. The molecule has 0 aliphatic carbocycles. The van der Waals surface area contributed by atoms with Crippen molar-refractivity contribution in [2.75, 3.05) is 53.0 Å². The molecule has 152 valence electrons. The highest BCUT2D eigenvalue weighted by atomic mass is 16.5. The van der Waals surface area contributed by atoms with Gasteiger partial charge >= 0.3 is 0 Å². The molecule has 2 fully saturated rings. The minimum absolute atomic E-state index is 0.593. The van der Waals surface area contributed by atoms with Gasteiger partial charge in [0.05, 0.1) is 6.54 Å². The van der Waals surface area contributed by atoms with Gasteiger partial charge in [0.25, 0.3) is 0 Å². The molecule has 1 atom stereocenters. The van der Waals surface area contributed by atoms with E-state index in [0.717, 1.165) is 50.6 Å². The summed E-state index contributed by atoms with van der Waals surface area (Å²) < 4.78 is 5.48. The van der Waals surface area contributed by atoms with Crippen LogP contribution in [0.2, 0.25) is 0 Å². The lowest BCUT2D eigenvalue weighted by Crippen LogP contribution is -2.42. The highest BCUT2D eigenvalue weighted by Crippen LogP contribution is 2.19. The Bertz CT molecular complexity index is 401. The number of nitrogens with one attached hydrogen (secondary N) is 1. The standard InChI is InChI=1S/C21H42N4O/c1-5-22-21(24(4)13-8-19-9-14-26-15-10-19)23-17-20(16-18(2)3)25-11-6-7-12-25/h18-20H,5-17H2,1-4H3,(H,22,23). The van der Waals surface area contributed by atoms with Crippen molar-refractivity contribution < 1.29 is 4.74 Å². The summed E-state index contributed by atoms with van der Waals surface area (Å²) in [6.07, 6.45) is 7.62. The van der Waals surface area contributed by atoms with Crippen LogP contribution in [0, 0.1) is 11.8 Å². The van der Waals surface area contributed by atoms with Crippen LogP contribution in [0.5, 0.6) is 0 Å². The van der Waals surface area contributed by atoms with E-state index in [1.165, 1.54) is 51.6 Å². The Morgan fingerprint density at radius 1 is 1.23 bits per heavy atom. The number of ether oxygens (including phenoxy) is 1. The molecule has 0 bridgehead atoms. The fourth-order valence-corrected chi connectivity index (χ4v) is 4.17. The zero-order chi connectivity index (χ0) is 18.8. The minimum Gasteiger partial charge on any atom is -0.381 e. The molecule has 0 saturated carbocycles. The fourth-order valence-electron chi connectivity index (χ4n) is 4.17. The maximum absolute atomic E-state index is 5.48. The van der Waals surface area contributed by atoms with Gasteiger partial charge < -0.3 is 15.0 Å². The van der Waals surface area contributed by atoms with Crippen molar-refractivity contribution in [1.29, 1.82) is 0 Å². The van der Waals surface area contributed by atoms with Gasteiger partial charge in [-0.15, -0.1) is 0 Å². The molecule has 0 radical (unpaired) electrons. The molecule has 1 N–H and O–H groups in total. The summed E-state index contributed by atoms with van der Waals surface area (Å²) in [4.78, 5) is 10.0. The number of guanidine groups is 1. The highest BCUT2D eigenvalue weighted by Gasteiger charge is 2.23. The molecule has 2 aliphatic rings. The third-order valence-electron chi connectivity index (χ3n) is 5.76. The Kier molecular flexibility index (Phi) is 9.76. The summed E-state index contributed by atoms with van der Waals surface area (Å²) in [6, 6.07) is 0.593. The average Bonchev–Trinajstić information content (AvgIpc) is 3.17. The van der Waals surface area contributed by atoms with E-state index >= 15 is 0 Å². The van der Waals surface area contributed by atoms with Crippen LogP contribution in [0.25, 0.3) is 0 Å². The number of hydrogen-bond donors (Lipinski definition) is 1. The van der Waals surface area contributed by atoms with E-state index < -0.39 is 0 Å². The molecule has 5 heteroatoms. The first kappa shape index (κ1) is 21.5. The lowest BCUT2D eigenvalue weighted by atomic mass is 9.96. The van der Waals surface area contributed by atoms with Gasteiger partial charge in [-0.25, -0.2) is 0 Å². The van der Waals surface area contributed by atoms with Gasteiger partial charge in [-0.05, 0) is 70.4 Å². The lowest BCUT2D eigenvalue weighted by Gasteiger charge is -2.29. The molecule has 0 aromatic carbocycles. The fraction of sp³-hybridized carbons (Fsp3) is 0.952. The van der Waals surface area contributed by atoms with Gasteiger partial charge in [0.2, 0.25) is 0 Å². The van der Waals surface area contributed by atoms with Gasteiger partial charge in [-0.1, -0.05) is 13.8 Å². The van der Waals surface area contributed by atoms with E-state index in [9.17, 15) is 0 Å². The molecule has 2 saturated heterocycles. The third-order valence-corrected chi connectivity index (χ3v) is 5.76. The Hall–Kier alpha value is -0.810. The largest absolute Gasteiger partial charge is 0.381 e. The zero-order valence-electron chi connectivity index (χ0n) is 17.7. The predicted molar refractivity (Wildman–Crippen MR) is 111 cm³/mol. The second-order valence-electron chi connectivity index (χ2n) is 8.49. The third kappa shape index (κ3) is 7.43. The van der Waals surface area contributed by atoms with Crippen molar-refractivity contribution in [2.24, 2.45) is 16.8 Å². The summed E-state index contributed by atoms with van der Waals surface area (Å²) >= 11 is 0. The van der Waals surface area contributed by atoms with Crippen LogP contribution in [-0.2, 0) is 4.74 Å². The molecule has 1 unspecified atom stereocenters. The van der Waals surface area contributed by atoms with Crippen molar-refractivity contribution in [3.05, 3.63) is 0 Å². The monoisotopic (exact) mass is 366 g/mol. The molecule has 0 aromatic heterocycles. The molecule has 0 spiro atoms. The lowest BCUT2D eigenvalue weighted by molar-refractivity contribution is 0.0625. The summed E-state index contributed by atoms with van der Waals surface area (Å²) in [7, 11) is 2.19. The first-order valence-corrected chi connectivity index (χ1v) is 10.9. The van der Waals surface area contributed by atoms with E-state index in [2.05, 4.69) is 42.9 Å². The molecule has 2 heterocycles. The van der Waals surface area contributed by atoms with Crippen LogP contribution >= 0.6 is 0 Å². The second kappa shape index (κ2) is 11.8. The zero-order valence-corrected chi connectivity index (χ0v) is 17.7. The molecule has 0 amide bonds. The van der Waals surface area contributed by atoms with Crippen LogP contribution in [0.1, 0.15) is 59.3 Å². The molecular formula is C21H42N4O. The van der Waals surface area contributed by atoms with Crippen molar-refractivity contribution in [3.8, 4) is 0 Å². The SMILES string of the molecule is CCNC(=NCC(CC(C)C)N1CCCC1)N(C)CCC1CCOCC1. The Morgan fingerprint density at radius 3 is 2.54 bits per heavy atom. The molecule has 2 aliphatic heterocycles. The predicted octanol–water partition coefficient (Wildman–Crippen LogP) is 3.21. The Morgan fingerprint density at radius 2 is 1.92 bits per heavy atom. The normalized spacial score (nSPS) is 21.3. The highest BCUT2D eigenvalue weighted by molar-refractivity contribution is 5.79. The maximum atomic E-state index is 5.48. The van der Waals surface area contributed by atoms with Gasteiger partial charge in [-0.2, -0.15) is 0 Å². The number of hydrogen-bond acceptors (Lipinski definition) is 3. The average molecular weight is 367 g/mol. The van der Waals surface area contributed by atoms with E-state index in [1.54, 1.807) is 0 Å². The van der Waals surface area contributed by atoms with Crippen LogP contribution in [0.15, 0.2) is 4.99 Å². The van der Waals surface area contributed by atoms with E-state index in [4.69, 9.17) is 9.73 Å². The molecular weight excluding hydrogens is 324 g/mol. The van der Waals surface area contributed by atoms with Gasteiger partial charge in [0.15, 0.2) is 5.96 Å². The van der Waals surface area contributed by atoms with E-state index in [-0.39, 0.29) is 0 Å². The molecule has 0 aromatic rings. The Labute approximate surface area is 161 Å². The van der Waals surface area contributed by atoms with Crippen LogP contribution in [0.4, 0.5) is 0 Å². The van der Waals surface area contributed by atoms with Crippen molar-refractivity contribution in [2.45, 2.75) is 65.3 Å². The summed E-state index contributed by atoms with van der Waals surface area (Å²) in [5, 5.41) is 3.50. The topological polar surface area (TPSA) is 40.1 Å². The smallest absolute Gasteiger partial charge is 0.193 e. The first-order valence-electron chi connectivity index (χ1n) is 10.9.